The zero-order valence-electron chi connectivity index (χ0n) is 15.6. The number of benzene rings is 2. The Morgan fingerprint density at radius 1 is 1.07 bits per heavy atom. The van der Waals surface area contributed by atoms with Crippen molar-refractivity contribution < 1.29 is 27.8 Å². The van der Waals surface area contributed by atoms with Crippen LogP contribution in [0, 0.1) is 0 Å². The number of halogens is 2. The van der Waals surface area contributed by atoms with Crippen LogP contribution in [-0.4, -0.2) is 35.0 Å². The first kappa shape index (κ1) is 20.0. The molecule has 150 valence electrons. The highest BCUT2D eigenvalue weighted by Crippen LogP contribution is 2.29. The minimum Gasteiger partial charge on any atom is -0.493 e. The molecule has 9 heteroatoms. The standard InChI is InChI=1S/C20H17F2N3O4/c1-25-10-9-23-18(25)17(26)12-3-6-14(7-4-12)24-19(27)13-5-8-15(29-20(21)22)16(11-13)28-2/h3-11,20H,1-2H3,(H,24,27). The number of anilines is 1. The summed E-state index contributed by atoms with van der Waals surface area (Å²) in [5.41, 5.74) is 1.07. The monoisotopic (exact) mass is 401 g/mol. The Morgan fingerprint density at radius 3 is 2.34 bits per heavy atom. The largest absolute Gasteiger partial charge is 0.493 e. The molecule has 29 heavy (non-hydrogen) atoms. The summed E-state index contributed by atoms with van der Waals surface area (Å²) in [6.45, 7) is -3.00. The maximum absolute atomic E-state index is 12.4. The number of nitrogens with one attached hydrogen (secondary N) is 1. The molecule has 0 spiro atoms. The van der Waals surface area contributed by atoms with Crippen LogP contribution in [0.1, 0.15) is 26.5 Å². The van der Waals surface area contributed by atoms with Gasteiger partial charge in [-0.2, -0.15) is 8.78 Å². The van der Waals surface area contributed by atoms with Gasteiger partial charge in [0, 0.05) is 36.3 Å². The number of ether oxygens (including phenoxy) is 2. The third-order valence-electron chi connectivity index (χ3n) is 4.07. The highest BCUT2D eigenvalue weighted by atomic mass is 19.3. The van der Waals surface area contributed by atoms with E-state index in [0.29, 0.717) is 17.1 Å². The summed E-state index contributed by atoms with van der Waals surface area (Å²) >= 11 is 0. The molecule has 0 radical (unpaired) electrons. The molecule has 0 saturated carbocycles. The molecule has 0 atom stereocenters. The molecule has 7 nitrogen and oxygen atoms in total. The Balaban J connectivity index is 1.72. The number of hydrogen-bond acceptors (Lipinski definition) is 5. The van der Waals surface area contributed by atoms with Crippen LogP contribution in [0.2, 0.25) is 0 Å². The maximum atomic E-state index is 12.4. The van der Waals surface area contributed by atoms with Crippen LogP contribution in [0.25, 0.3) is 0 Å². The molecule has 3 aromatic rings. The Hall–Kier alpha value is -3.75. The van der Waals surface area contributed by atoms with Crippen molar-refractivity contribution in [1.29, 1.82) is 0 Å². The lowest BCUT2D eigenvalue weighted by Crippen LogP contribution is -2.13. The number of carbonyl (C=O) groups excluding carboxylic acids is 2. The van der Waals surface area contributed by atoms with Gasteiger partial charge in [0.1, 0.15) is 0 Å². The lowest BCUT2D eigenvalue weighted by Gasteiger charge is -2.11. The summed E-state index contributed by atoms with van der Waals surface area (Å²) in [4.78, 5) is 28.9. The molecule has 1 heterocycles. The third kappa shape index (κ3) is 4.57. The number of aryl methyl sites for hydroxylation is 1. The van der Waals surface area contributed by atoms with Crippen LogP contribution in [0.15, 0.2) is 54.9 Å². The van der Waals surface area contributed by atoms with E-state index in [1.165, 1.54) is 31.5 Å². The molecule has 3 rings (SSSR count). The number of hydrogen-bond donors (Lipinski definition) is 1. The first-order valence-electron chi connectivity index (χ1n) is 8.45. The van der Waals surface area contributed by atoms with Crippen LogP contribution in [-0.2, 0) is 7.05 Å². The van der Waals surface area contributed by atoms with Gasteiger partial charge in [0.25, 0.3) is 5.91 Å². The second-order valence-electron chi connectivity index (χ2n) is 5.97. The number of alkyl halides is 2. The Kier molecular flexibility index (Phi) is 5.87. The molecule has 1 N–H and O–H groups in total. The van der Waals surface area contributed by atoms with Gasteiger partial charge in [-0.1, -0.05) is 0 Å². The topological polar surface area (TPSA) is 82.5 Å². The molecular weight excluding hydrogens is 384 g/mol. The van der Waals surface area contributed by atoms with Crippen molar-refractivity contribution in [2.75, 3.05) is 12.4 Å². The number of nitrogens with zero attached hydrogens (tertiary/aromatic N) is 2. The van der Waals surface area contributed by atoms with Crippen LogP contribution in [0.4, 0.5) is 14.5 Å². The summed E-state index contributed by atoms with van der Waals surface area (Å²) in [6, 6.07) is 10.2. The highest BCUT2D eigenvalue weighted by molar-refractivity contribution is 6.08. The molecule has 2 aromatic carbocycles. The van der Waals surface area contributed by atoms with Gasteiger partial charge >= 0.3 is 6.61 Å². The van der Waals surface area contributed by atoms with Gasteiger partial charge < -0.3 is 19.4 Å². The number of methoxy groups -OCH3 is 1. The molecule has 0 fully saturated rings. The smallest absolute Gasteiger partial charge is 0.387 e. The van der Waals surface area contributed by atoms with Gasteiger partial charge in [-0.3, -0.25) is 9.59 Å². The molecule has 0 aliphatic carbocycles. The van der Waals surface area contributed by atoms with E-state index in [-0.39, 0.29) is 22.8 Å². The average Bonchev–Trinajstić information content (AvgIpc) is 3.13. The van der Waals surface area contributed by atoms with E-state index in [4.69, 9.17) is 4.74 Å². The van der Waals surface area contributed by atoms with Crippen LogP contribution >= 0.6 is 0 Å². The molecular formula is C20H17F2N3O4. The summed E-state index contributed by atoms with van der Waals surface area (Å²) in [5.74, 6) is -0.574. The second-order valence-corrected chi connectivity index (χ2v) is 5.97. The molecule has 1 amide bonds. The SMILES string of the molecule is COc1cc(C(=O)Nc2ccc(C(=O)c3nccn3C)cc2)ccc1OC(F)F. The fourth-order valence-electron chi connectivity index (χ4n) is 2.62. The fourth-order valence-corrected chi connectivity index (χ4v) is 2.62. The van der Waals surface area contributed by atoms with Gasteiger partial charge in [-0.05, 0) is 42.5 Å². The van der Waals surface area contributed by atoms with Crippen molar-refractivity contribution in [3.8, 4) is 11.5 Å². The number of amides is 1. The second kappa shape index (κ2) is 8.51. The Bertz CT molecular complexity index is 1030. The lowest BCUT2D eigenvalue weighted by atomic mass is 10.1. The van der Waals surface area contributed by atoms with Crippen molar-refractivity contribution in [3.05, 3.63) is 71.8 Å². The van der Waals surface area contributed by atoms with Crippen molar-refractivity contribution in [2.45, 2.75) is 6.61 Å². The predicted octanol–water partition coefficient (Wildman–Crippen LogP) is 3.51. The van der Waals surface area contributed by atoms with E-state index in [1.807, 2.05) is 0 Å². The Morgan fingerprint density at radius 2 is 1.76 bits per heavy atom. The quantitative estimate of drug-likeness (QED) is 0.613. The molecule has 1 aromatic heterocycles. The fraction of sp³-hybridized carbons (Fsp3) is 0.150. The molecule has 0 aliphatic rings. The van der Waals surface area contributed by atoms with E-state index < -0.39 is 12.5 Å². The molecule has 0 unspecified atom stereocenters. The normalized spacial score (nSPS) is 10.7. The van der Waals surface area contributed by atoms with E-state index in [0.717, 1.165) is 0 Å². The first-order chi connectivity index (χ1) is 13.9. The maximum Gasteiger partial charge on any atom is 0.387 e. The van der Waals surface area contributed by atoms with Crippen LogP contribution in [0.3, 0.4) is 0 Å². The third-order valence-corrected chi connectivity index (χ3v) is 4.07. The molecule has 0 bridgehead atoms. The van der Waals surface area contributed by atoms with Crippen LogP contribution in [0.5, 0.6) is 11.5 Å². The summed E-state index contributed by atoms with van der Waals surface area (Å²) < 4.78 is 35.7. The molecule has 0 aliphatic heterocycles. The average molecular weight is 401 g/mol. The molecule has 0 saturated heterocycles. The lowest BCUT2D eigenvalue weighted by molar-refractivity contribution is -0.0512. The van der Waals surface area contributed by atoms with E-state index in [1.54, 1.807) is 42.1 Å². The van der Waals surface area contributed by atoms with E-state index in [9.17, 15) is 18.4 Å². The highest BCUT2D eigenvalue weighted by Gasteiger charge is 2.16. The number of carbonyl (C=O) groups is 2. The zero-order chi connectivity index (χ0) is 21.0. The number of aromatic nitrogens is 2. The van der Waals surface area contributed by atoms with Gasteiger partial charge in [-0.25, -0.2) is 4.98 Å². The summed E-state index contributed by atoms with van der Waals surface area (Å²) in [6.07, 6.45) is 3.21. The van der Waals surface area contributed by atoms with E-state index in [2.05, 4.69) is 15.0 Å². The van der Waals surface area contributed by atoms with E-state index >= 15 is 0 Å². The summed E-state index contributed by atoms with van der Waals surface area (Å²) in [5, 5.41) is 2.67. The summed E-state index contributed by atoms with van der Waals surface area (Å²) in [7, 11) is 3.01. The minimum absolute atomic E-state index is 0.00830. The zero-order valence-corrected chi connectivity index (χ0v) is 15.6. The van der Waals surface area contributed by atoms with Gasteiger partial charge in [0.15, 0.2) is 17.3 Å². The minimum atomic E-state index is -3.00. The first-order valence-corrected chi connectivity index (χ1v) is 8.45. The number of ketones is 1. The van der Waals surface area contributed by atoms with Gasteiger partial charge in [0.2, 0.25) is 5.78 Å². The van der Waals surface area contributed by atoms with Crippen molar-refractivity contribution in [1.82, 2.24) is 9.55 Å². The van der Waals surface area contributed by atoms with Crippen LogP contribution < -0.4 is 14.8 Å². The Labute approximate surface area is 164 Å². The predicted molar refractivity (Wildman–Crippen MR) is 101 cm³/mol. The number of rotatable bonds is 7. The van der Waals surface area contributed by atoms with Crippen molar-refractivity contribution in [3.63, 3.8) is 0 Å². The number of imidazole rings is 1. The van der Waals surface area contributed by atoms with Crippen molar-refractivity contribution in [2.24, 2.45) is 7.05 Å². The van der Waals surface area contributed by atoms with Gasteiger partial charge in [-0.15, -0.1) is 0 Å². The van der Waals surface area contributed by atoms with Crippen molar-refractivity contribution >= 4 is 17.4 Å². The van der Waals surface area contributed by atoms with Gasteiger partial charge in [0.05, 0.1) is 7.11 Å².